The monoisotopic (exact) mass is 225 g/mol. The largest absolute Gasteiger partial charge is 0.341 e. The van der Waals surface area contributed by atoms with Crippen LogP contribution in [0.4, 0.5) is 0 Å². The van der Waals surface area contributed by atoms with Gasteiger partial charge in [-0.1, -0.05) is 13.8 Å². The SMILES string of the molecule is CC1(C)CCN(C(=O)CN2CCNCC2)C1. The summed E-state index contributed by atoms with van der Waals surface area (Å²) in [6, 6.07) is 0. The number of carbonyl (C=O) groups excluding carboxylic acids is 1. The van der Waals surface area contributed by atoms with Crippen molar-refractivity contribution in [3.63, 3.8) is 0 Å². The fraction of sp³-hybridized carbons (Fsp3) is 0.917. The molecule has 0 aliphatic carbocycles. The van der Waals surface area contributed by atoms with Crippen molar-refractivity contribution >= 4 is 5.91 Å². The Labute approximate surface area is 98.0 Å². The minimum atomic E-state index is 0.312. The lowest BCUT2D eigenvalue weighted by molar-refractivity contribution is -0.131. The minimum absolute atomic E-state index is 0.312. The first-order valence-electron chi connectivity index (χ1n) is 6.28. The van der Waals surface area contributed by atoms with E-state index in [0.717, 1.165) is 45.7 Å². The van der Waals surface area contributed by atoms with Crippen molar-refractivity contribution in [2.24, 2.45) is 5.41 Å². The van der Waals surface area contributed by atoms with Crippen molar-refractivity contribution < 1.29 is 4.79 Å². The average Bonchev–Trinajstić information content (AvgIpc) is 2.60. The number of carbonyl (C=O) groups is 1. The standard InChI is InChI=1S/C12H23N3O/c1-12(2)3-6-15(10-12)11(16)9-14-7-4-13-5-8-14/h13H,3-10H2,1-2H3. The van der Waals surface area contributed by atoms with E-state index in [4.69, 9.17) is 0 Å². The lowest BCUT2D eigenvalue weighted by atomic mass is 9.93. The molecule has 0 aromatic carbocycles. The van der Waals surface area contributed by atoms with Crippen molar-refractivity contribution in [2.75, 3.05) is 45.8 Å². The maximum absolute atomic E-state index is 12.1. The maximum atomic E-state index is 12.1. The number of likely N-dealkylation sites (tertiary alicyclic amines) is 1. The molecule has 0 atom stereocenters. The number of nitrogens with one attached hydrogen (secondary N) is 1. The first-order chi connectivity index (χ1) is 7.57. The molecule has 92 valence electrons. The predicted molar refractivity (Wildman–Crippen MR) is 64.3 cm³/mol. The smallest absolute Gasteiger partial charge is 0.236 e. The van der Waals surface area contributed by atoms with Gasteiger partial charge in [0.05, 0.1) is 6.54 Å². The third kappa shape index (κ3) is 2.95. The van der Waals surface area contributed by atoms with Crippen molar-refractivity contribution in [3.8, 4) is 0 Å². The van der Waals surface area contributed by atoms with Gasteiger partial charge >= 0.3 is 0 Å². The van der Waals surface area contributed by atoms with E-state index in [9.17, 15) is 4.79 Å². The van der Waals surface area contributed by atoms with Crippen LogP contribution in [-0.4, -0.2) is 61.5 Å². The van der Waals surface area contributed by atoms with E-state index in [2.05, 4.69) is 24.1 Å². The van der Waals surface area contributed by atoms with Crippen molar-refractivity contribution in [2.45, 2.75) is 20.3 Å². The Bertz CT molecular complexity index is 259. The quantitative estimate of drug-likeness (QED) is 0.726. The zero-order valence-electron chi connectivity index (χ0n) is 10.5. The Morgan fingerprint density at radius 2 is 1.94 bits per heavy atom. The molecular formula is C12H23N3O. The Morgan fingerprint density at radius 3 is 2.50 bits per heavy atom. The topological polar surface area (TPSA) is 35.6 Å². The molecule has 0 saturated carbocycles. The van der Waals surface area contributed by atoms with Crippen LogP contribution in [0.5, 0.6) is 0 Å². The van der Waals surface area contributed by atoms with Gasteiger partial charge in [-0.3, -0.25) is 9.69 Å². The minimum Gasteiger partial charge on any atom is -0.341 e. The van der Waals surface area contributed by atoms with Gasteiger partial charge in [0.1, 0.15) is 0 Å². The average molecular weight is 225 g/mol. The van der Waals surface area contributed by atoms with Crippen molar-refractivity contribution in [3.05, 3.63) is 0 Å². The highest BCUT2D eigenvalue weighted by atomic mass is 16.2. The predicted octanol–water partition coefficient (Wildman–Crippen LogP) is 0.150. The molecule has 1 N–H and O–H groups in total. The van der Waals surface area contributed by atoms with Gasteiger partial charge in [-0.25, -0.2) is 0 Å². The summed E-state index contributed by atoms with van der Waals surface area (Å²) >= 11 is 0. The summed E-state index contributed by atoms with van der Waals surface area (Å²) in [5.41, 5.74) is 0.319. The number of hydrogen-bond donors (Lipinski definition) is 1. The van der Waals surface area contributed by atoms with E-state index in [1.54, 1.807) is 0 Å². The Hall–Kier alpha value is -0.610. The zero-order valence-corrected chi connectivity index (χ0v) is 10.5. The van der Waals surface area contributed by atoms with Gasteiger partial charge < -0.3 is 10.2 Å². The Kier molecular flexibility index (Phi) is 3.50. The summed E-state index contributed by atoms with van der Waals surface area (Å²) in [7, 11) is 0. The molecule has 0 bridgehead atoms. The number of nitrogens with zero attached hydrogens (tertiary/aromatic N) is 2. The summed E-state index contributed by atoms with van der Waals surface area (Å²) in [5.74, 6) is 0.312. The van der Waals surface area contributed by atoms with Crippen molar-refractivity contribution in [1.82, 2.24) is 15.1 Å². The molecule has 0 aromatic rings. The molecule has 2 aliphatic heterocycles. The van der Waals surface area contributed by atoms with Crippen LogP contribution in [-0.2, 0) is 4.79 Å². The van der Waals surface area contributed by atoms with E-state index in [1.165, 1.54) is 0 Å². The summed E-state index contributed by atoms with van der Waals surface area (Å²) in [6.45, 7) is 11.0. The molecule has 0 radical (unpaired) electrons. The van der Waals surface area contributed by atoms with Gasteiger partial charge in [-0.2, -0.15) is 0 Å². The van der Waals surface area contributed by atoms with Crippen LogP contribution in [0, 0.1) is 5.41 Å². The van der Waals surface area contributed by atoms with E-state index in [0.29, 0.717) is 17.9 Å². The maximum Gasteiger partial charge on any atom is 0.236 e. The second-order valence-electron chi connectivity index (χ2n) is 5.76. The van der Waals surface area contributed by atoms with E-state index < -0.39 is 0 Å². The van der Waals surface area contributed by atoms with Crippen LogP contribution in [0.3, 0.4) is 0 Å². The lowest BCUT2D eigenvalue weighted by Gasteiger charge is -2.28. The van der Waals surface area contributed by atoms with Crippen molar-refractivity contribution in [1.29, 1.82) is 0 Å². The molecule has 1 amide bonds. The Balaban J connectivity index is 1.79. The molecule has 2 fully saturated rings. The van der Waals surface area contributed by atoms with Crippen LogP contribution < -0.4 is 5.32 Å². The van der Waals surface area contributed by atoms with Gasteiger partial charge in [-0.15, -0.1) is 0 Å². The van der Waals surface area contributed by atoms with Gasteiger partial charge in [0.25, 0.3) is 0 Å². The number of amides is 1. The van der Waals surface area contributed by atoms with Gasteiger partial charge in [0.2, 0.25) is 5.91 Å². The summed E-state index contributed by atoms with van der Waals surface area (Å²) in [6.07, 6.45) is 1.14. The fourth-order valence-electron chi connectivity index (χ4n) is 2.49. The van der Waals surface area contributed by atoms with Gasteiger partial charge in [-0.05, 0) is 11.8 Å². The molecule has 2 heterocycles. The fourth-order valence-corrected chi connectivity index (χ4v) is 2.49. The molecule has 2 saturated heterocycles. The van der Waals surface area contributed by atoms with Crippen LogP contribution >= 0.6 is 0 Å². The normalized spacial score (nSPS) is 26.0. The summed E-state index contributed by atoms with van der Waals surface area (Å²) in [5, 5.41) is 3.30. The molecule has 4 heteroatoms. The van der Waals surface area contributed by atoms with Gasteiger partial charge in [0.15, 0.2) is 0 Å². The molecular weight excluding hydrogens is 202 g/mol. The second-order valence-corrected chi connectivity index (χ2v) is 5.76. The first kappa shape index (κ1) is 11.9. The molecule has 2 rings (SSSR count). The number of hydrogen-bond acceptors (Lipinski definition) is 3. The lowest BCUT2D eigenvalue weighted by Crippen LogP contribution is -2.48. The first-order valence-corrected chi connectivity index (χ1v) is 6.28. The molecule has 16 heavy (non-hydrogen) atoms. The molecule has 0 unspecified atom stereocenters. The van der Waals surface area contributed by atoms with E-state index in [-0.39, 0.29) is 0 Å². The van der Waals surface area contributed by atoms with E-state index in [1.807, 2.05) is 4.90 Å². The highest BCUT2D eigenvalue weighted by Gasteiger charge is 2.32. The van der Waals surface area contributed by atoms with Crippen LogP contribution in [0.1, 0.15) is 20.3 Å². The molecule has 4 nitrogen and oxygen atoms in total. The second kappa shape index (κ2) is 4.72. The van der Waals surface area contributed by atoms with Gasteiger partial charge in [0, 0.05) is 39.3 Å². The van der Waals surface area contributed by atoms with Crippen LogP contribution in [0.2, 0.25) is 0 Å². The summed E-state index contributed by atoms with van der Waals surface area (Å²) < 4.78 is 0. The summed E-state index contributed by atoms with van der Waals surface area (Å²) in [4.78, 5) is 16.3. The van der Waals surface area contributed by atoms with E-state index >= 15 is 0 Å². The molecule has 0 aromatic heterocycles. The molecule has 2 aliphatic rings. The van der Waals surface area contributed by atoms with Crippen LogP contribution in [0.25, 0.3) is 0 Å². The highest BCUT2D eigenvalue weighted by Crippen LogP contribution is 2.28. The third-order valence-corrected chi connectivity index (χ3v) is 3.60. The Morgan fingerprint density at radius 1 is 1.25 bits per heavy atom. The zero-order chi connectivity index (χ0) is 11.6. The highest BCUT2D eigenvalue weighted by molar-refractivity contribution is 5.78. The molecule has 0 spiro atoms. The number of piperazine rings is 1. The third-order valence-electron chi connectivity index (χ3n) is 3.60. The number of rotatable bonds is 2. The van der Waals surface area contributed by atoms with Crippen LogP contribution in [0.15, 0.2) is 0 Å².